The number of hydrogen-bond donors (Lipinski definition) is 0. The molecule has 0 radical (unpaired) electrons. The van der Waals surface area contributed by atoms with Gasteiger partial charge in [0.05, 0.1) is 0 Å². The summed E-state index contributed by atoms with van der Waals surface area (Å²) in [6.45, 7) is 2.07. The van der Waals surface area contributed by atoms with Crippen LogP contribution >= 0.6 is 0 Å². The van der Waals surface area contributed by atoms with Crippen LogP contribution in [-0.2, 0) is 9.59 Å². The van der Waals surface area contributed by atoms with Crippen molar-refractivity contribution in [3.8, 4) is 0 Å². The highest BCUT2D eigenvalue weighted by Crippen LogP contribution is 2.42. The predicted molar refractivity (Wildman–Crippen MR) is 84.3 cm³/mol. The normalized spacial score (nSPS) is 27.3. The largest absolute Gasteiger partial charge is 0.342 e. The molecule has 5 heteroatoms. The van der Waals surface area contributed by atoms with E-state index >= 15 is 0 Å². The highest BCUT2D eigenvalue weighted by molar-refractivity contribution is 5.96. The van der Waals surface area contributed by atoms with Gasteiger partial charge < -0.3 is 9.80 Å². The molecule has 1 aromatic carbocycles. The number of nitrogens with zero attached hydrogens (tertiary/aromatic N) is 2. The molecular weight excluding hydrogens is 295 g/mol. The van der Waals surface area contributed by atoms with Crippen molar-refractivity contribution in [3.05, 3.63) is 30.1 Å². The van der Waals surface area contributed by atoms with E-state index < -0.39 is 0 Å². The molecule has 0 unspecified atom stereocenters. The van der Waals surface area contributed by atoms with Gasteiger partial charge in [0.25, 0.3) is 0 Å². The first-order valence-corrected chi connectivity index (χ1v) is 8.38. The summed E-state index contributed by atoms with van der Waals surface area (Å²) in [6, 6.07) is 6.07. The Bertz CT molecular complexity index is 641. The molecule has 2 aliphatic heterocycles. The lowest BCUT2D eigenvalue weighted by Gasteiger charge is -2.24. The van der Waals surface area contributed by atoms with E-state index in [0.717, 1.165) is 18.7 Å². The van der Waals surface area contributed by atoms with Gasteiger partial charge in [0, 0.05) is 43.6 Å². The molecular formula is C18H21FN2O2. The van der Waals surface area contributed by atoms with Crippen molar-refractivity contribution < 1.29 is 14.0 Å². The van der Waals surface area contributed by atoms with Crippen molar-refractivity contribution in [3.63, 3.8) is 0 Å². The highest BCUT2D eigenvalue weighted by Gasteiger charge is 2.49. The lowest BCUT2D eigenvalue weighted by Crippen LogP contribution is -2.34. The molecule has 1 spiro atoms. The summed E-state index contributed by atoms with van der Waals surface area (Å²) < 4.78 is 13.1. The van der Waals surface area contributed by atoms with Gasteiger partial charge in [-0.15, -0.1) is 0 Å². The summed E-state index contributed by atoms with van der Waals surface area (Å²) in [5.74, 6) is 0.623. The van der Waals surface area contributed by atoms with E-state index in [2.05, 4.69) is 0 Å². The van der Waals surface area contributed by atoms with Crippen LogP contribution in [0.25, 0.3) is 0 Å². The molecule has 0 bridgehead atoms. The molecule has 2 heterocycles. The second kappa shape index (κ2) is 5.32. The van der Waals surface area contributed by atoms with Crippen LogP contribution in [0.1, 0.15) is 32.1 Å². The number of rotatable bonds is 3. The Hall–Kier alpha value is -1.91. The molecule has 1 aromatic rings. The van der Waals surface area contributed by atoms with E-state index in [-0.39, 0.29) is 23.0 Å². The van der Waals surface area contributed by atoms with Crippen molar-refractivity contribution in [2.24, 2.45) is 11.3 Å². The Morgan fingerprint density at radius 1 is 1.22 bits per heavy atom. The standard InChI is InChI=1S/C18H21FN2O2/c19-14-3-5-15(6-4-14)21-12-18(10-17(21)23)7-8-20(11-18)16(22)9-13-1-2-13/h3-6,13H,1-2,7-12H2/t18-/m0/s1. The average molecular weight is 316 g/mol. The Labute approximate surface area is 135 Å². The fourth-order valence-corrected chi connectivity index (χ4v) is 3.87. The first kappa shape index (κ1) is 14.7. The van der Waals surface area contributed by atoms with E-state index in [4.69, 9.17) is 0 Å². The van der Waals surface area contributed by atoms with Gasteiger partial charge >= 0.3 is 0 Å². The maximum atomic E-state index is 13.1. The number of carbonyl (C=O) groups is 2. The molecule has 2 amide bonds. The quantitative estimate of drug-likeness (QED) is 0.860. The van der Waals surface area contributed by atoms with Gasteiger partial charge in [0.15, 0.2) is 0 Å². The van der Waals surface area contributed by atoms with Crippen molar-refractivity contribution in [2.75, 3.05) is 24.5 Å². The van der Waals surface area contributed by atoms with Gasteiger partial charge in [-0.2, -0.15) is 0 Å². The maximum absolute atomic E-state index is 13.1. The van der Waals surface area contributed by atoms with Crippen LogP contribution in [0.2, 0.25) is 0 Å². The third-order valence-corrected chi connectivity index (χ3v) is 5.41. The average Bonchev–Trinajstić information content (AvgIpc) is 3.15. The van der Waals surface area contributed by atoms with Crippen LogP contribution in [0, 0.1) is 17.2 Å². The predicted octanol–water partition coefficient (Wildman–Crippen LogP) is 2.58. The number of hydrogen-bond acceptors (Lipinski definition) is 2. The van der Waals surface area contributed by atoms with Crippen LogP contribution in [0.4, 0.5) is 10.1 Å². The minimum absolute atomic E-state index is 0.0769. The molecule has 1 aliphatic carbocycles. The molecule has 23 heavy (non-hydrogen) atoms. The van der Waals surface area contributed by atoms with Gasteiger partial charge in [0.2, 0.25) is 11.8 Å². The van der Waals surface area contributed by atoms with Crippen LogP contribution in [-0.4, -0.2) is 36.3 Å². The Morgan fingerprint density at radius 2 is 1.96 bits per heavy atom. The fourth-order valence-electron chi connectivity index (χ4n) is 3.87. The molecule has 0 N–H and O–H groups in total. The third kappa shape index (κ3) is 2.84. The van der Waals surface area contributed by atoms with Gasteiger partial charge in [-0.05, 0) is 49.4 Å². The molecule has 2 saturated heterocycles. The van der Waals surface area contributed by atoms with Gasteiger partial charge in [0.1, 0.15) is 5.82 Å². The lowest BCUT2D eigenvalue weighted by molar-refractivity contribution is -0.131. The number of anilines is 1. The van der Waals surface area contributed by atoms with Crippen molar-refractivity contribution >= 4 is 17.5 Å². The SMILES string of the molecule is O=C(CC1CC1)N1CC[C@]2(CC(=O)N(c3ccc(F)cc3)C2)C1. The van der Waals surface area contributed by atoms with E-state index in [1.807, 2.05) is 4.90 Å². The second-order valence-corrected chi connectivity index (χ2v) is 7.35. The van der Waals surface area contributed by atoms with Crippen molar-refractivity contribution in [2.45, 2.75) is 32.1 Å². The van der Waals surface area contributed by atoms with E-state index in [1.165, 1.54) is 25.0 Å². The summed E-state index contributed by atoms with van der Waals surface area (Å²) >= 11 is 0. The van der Waals surface area contributed by atoms with Gasteiger partial charge in [-0.3, -0.25) is 9.59 Å². The van der Waals surface area contributed by atoms with E-state index in [0.29, 0.717) is 31.8 Å². The number of benzene rings is 1. The van der Waals surface area contributed by atoms with Crippen LogP contribution < -0.4 is 4.90 Å². The molecule has 4 rings (SSSR count). The Kier molecular flexibility index (Phi) is 3.39. The number of likely N-dealkylation sites (tertiary alicyclic amines) is 1. The molecule has 4 nitrogen and oxygen atoms in total. The van der Waals surface area contributed by atoms with E-state index in [9.17, 15) is 14.0 Å². The number of halogens is 1. The topological polar surface area (TPSA) is 40.6 Å². The number of carbonyl (C=O) groups excluding carboxylic acids is 2. The molecule has 3 fully saturated rings. The molecule has 3 aliphatic rings. The molecule has 0 aromatic heterocycles. The number of amides is 2. The minimum atomic E-state index is -0.298. The van der Waals surface area contributed by atoms with Crippen molar-refractivity contribution in [1.29, 1.82) is 0 Å². The monoisotopic (exact) mass is 316 g/mol. The van der Waals surface area contributed by atoms with Crippen LogP contribution in [0.5, 0.6) is 0 Å². The van der Waals surface area contributed by atoms with Crippen LogP contribution in [0.3, 0.4) is 0 Å². The first-order valence-electron chi connectivity index (χ1n) is 8.38. The fraction of sp³-hybridized carbons (Fsp3) is 0.556. The molecule has 1 saturated carbocycles. The Balaban J connectivity index is 1.45. The zero-order valence-electron chi connectivity index (χ0n) is 13.1. The van der Waals surface area contributed by atoms with E-state index in [1.54, 1.807) is 17.0 Å². The summed E-state index contributed by atoms with van der Waals surface area (Å²) in [5, 5.41) is 0. The summed E-state index contributed by atoms with van der Waals surface area (Å²) in [7, 11) is 0. The smallest absolute Gasteiger partial charge is 0.227 e. The lowest BCUT2D eigenvalue weighted by atomic mass is 9.86. The molecule has 122 valence electrons. The summed E-state index contributed by atoms with van der Waals surface area (Å²) in [5.41, 5.74) is 0.626. The summed E-state index contributed by atoms with van der Waals surface area (Å²) in [4.78, 5) is 28.4. The Morgan fingerprint density at radius 3 is 2.65 bits per heavy atom. The van der Waals surface area contributed by atoms with Crippen LogP contribution in [0.15, 0.2) is 24.3 Å². The molecule has 1 atom stereocenters. The van der Waals surface area contributed by atoms with Gasteiger partial charge in [-0.1, -0.05) is 0 Å². The summed E-state index contributed by atoms with van der Waals surface area (Å²) in [6.07, 6.45) is 4.40. The third-order valence-electron chi connectivity index (χ3n) is 5.41. The van der Waals surface area contributed by atoms with Crippen molar-refractivity contribution in [1.82, 2.24) is 4.90 Å². The zero-order chi connectivity index (χ0) is 16.0. The highest BCUT2D eigenvalue weighted by atomic mass is 19.1. The zero-order valence-corrected chi connectivity index (χ0v) is 13.1. The second-order valence-electron chi connectivity index (χ2n) is 7.35. The maximum Gasteiger partial charge on any atom is 0.227 e. The minimum Gasteiger partial charge on any atom is -0.342 e. The first-order chi connectivity index (χ1) is 11.0. The van der Waals surface area contributed by atoms with Gasteiger partial charge in [-0.25, -0.2) is 4.39 Å².